The summed E-state index contributed by atoms with van der Waals surface area (Å²) in [6, 6.07) is 12.9. The molecule has 8 heteroatoms. The smallest absolute Gasteiger partial charge is 0.318 e. The number of β-amino-alcohol motifs (C(OH)–C–C–N with tert-alkyl or cyclic N) is 1. The van der Waals surface area contributed by atoms with Gasteiger partial charge in [-0.05, 0) is 35.4 Å². The normalized spacial score (nSPS) is 16.5. The second-order valence-electron chi connectivity index (χ2n) is 6.16. The molecule has 0 aliphatic carbocycles. The van der Waals surface area contributed by atoms with E-state index in [0.717, 1.165) is 11.1 Å². The first-order valence-corrected chi connectivity index (χ1v) is 9.22. The summed E-state index contributed by atoms with van der Waals surface area (Å²) in [5.41, 5.74) is 1.70. The fourth-order valence-electron chi connectivity index (χ4n) is 3.04. The number of amides is 3. The number of nitrogens with zero attached hydrogens (tertiary/aromatic N) is 1. The van der Waals surface area contributed by atoms with Crippen LogP contribution in [-0.4, -0.2) is 47.7 Å². The highest BCUT2D eigenvalue weighted by Gasteiger charge is 2.36. The van der Waals surface area contributed by atoms with Crippen molar-refractivity contribution in [2.24, 2.45) is 0 Å². The maximum atomic E-state index is 12.9. The molecule has 1 heterocycles. The summed E-state index contributed by atoms with van der Waals surface area (Å²) in [5.74, 6) is -0.309. The first-order chi connectivity index (χ1) is 13.0. The van der Waals surface area contributed by atoms with Gasteiger partial charge >= 0.3 is 6.03 Å². The second kappa shape index (κ2) is 8.61. The highest BCUT2D eigenvalue weighted by atomic mass is 35.5. The van der Waals surface area contributed by atoms with E-state index in [1.54, 1.807) is 24.3 Å². The molecule has 0 unspecified atom stereocenters. The molecule has 3 N–H and O–H groups in total. The van der Waals surface area contributed by atoms with Crippen molar-refractivity contribution in [1.82, 2.24) is 15.5 Å². The standard InChI is InChI=1S/C19H19Cl2N3O3/c20-14-5-1-12(2-6-14)17(13-3-7-15(21)8-4-13)23-18(26)16-11-22-19(27)24(16)9-10-25/h1-8,16-17,25H,9-11H2,(H,22,27)(H,23,26)/t16-/m1/s1. The average molecular weight is 408 g/mol. The molecule has 3 rings (SSSR count). The Bertz CT molecular complexity index is 766. The third-order valence-electron chi connectivity index (χ3n) is 4.42. The van der Waals surface area contributed by atoms with E-state index in [1.807, 2.05) is 24.3 Å². The average Bonchev–Trinajstić information content (AvgIpc) is 3.02. The molecule has 1 atom stereocenters. The maximum Gasteiger partial charge on any atom is 0.318 e. The summed E-state index contributed by atoms with van der Waals surface area (Å²) >= 11 is 12.0. The van der Waals surface area contributed by atoms with Gasteiger partial charge in [-0.3, -0.25) is 4.79 Å². The van der Waals surface area contributed by atoms with E-state index in [4.69, 9.17) is 28.3 Å². The van der Waals surface area contributed by atoms with Crippen molar-refractivity contribution < 1.29 is 14.7 Å². The van der Waals surface area contributed by atoms with Crippen molar-refractivity contribution in [3.8, 4) is 0 Å². The van der Waals surface area contributed by atoms with Gasteiger partial charge in [-0.15, -0.1) is 0 Å². The third kappa shape index (κ3) is 4.53. The summed E-state index contributed by atoms with van der Waals surface area (Å²) in [6.45, 7) is 0.0735. The van der Waals surface area contributed by atoms with Crippen molar-refractivity contribution in [2.45, 2.75) is 12.1 Å². The summed E-state index contributed by atoms with van der Waals surface area (Å²) in [7, 11) is 0. The number of halogens is 2. The predicted molar refractivity (Wildman–Crippen MR) is 104 cm³/mol. The van der Waals surface area contributed by atoms with Crippen molar-refractivity contribution in [3.05, 3.63) is 69.7 Å². The Morgan fingerprint density at radius 2 is 1.63 bits per heavy atom. The number of urea groups is 1. The van der Waals surface area contributed by atoms with Gasteiger partial charge in [-0.1, -0.05) is 47.5 Å². The number of aliphatic hydroxyl groups excluding tert-OH is 1. The molecule has 1 fully saturated rings. The Balaban J connectivity index is 1.87. The molecule has 3 amide bonds. The van der Waals surface area contributed by atoms with Crippen molar-refractivity contribution in [3.63, 3.8) is 0 Å². The number of carbonyl (C=O) groups excluding carboxylic acids is 2. The van der Waals surface area contributed by atoms with Crippen LogP contribution in [0.5, 0.6) is 0 Å². The summed E-state index contributed by atoms with van der Waals surface area (Å²) in [5, 5.41) is 16.0. The van der Waals surface area contributed by atoms with E-state index < -0.39 is 12.1 Å². The molecular weight excluding hydrogens is 389 g/mol. The lowest BCUT2D eigenvalue weighted by molar-refractivity contribution is -0.125. The lowest BCUT2D eigenvalue weighted by Gasteiger charge is -2.25. The van der Waals surface area contributed by atoms with Gasteiger partial charge in [0.05, 0.1) is 12.6 Å². The van der Waals surface area contributed by atoms with E-state index in [9.17, 15) is 9.59 Å². The number of benzene rings is 2. The molecule has 6 nitrogen and oxygen atoms in total. The van der Waals surface area contributed by atoms with Crippen LogP contribution in [0.25, 0.3) is 0 Å². The van der Waals surface area contributed by atoms with Gasteiger partial charge in [0.2, 0.25) is 5.91 Å². The molecule has 1 aliphatic rings. The Kier molecular flexibility index (Phi) is 6.21. The minimum absolute atomic E-state index is 0.0937. The van der Waals surface area contributed by atoms with Crippen LogP contribution in [0.2, 0.25) is 10.0 Å². The first kappa shape index (κ1) is 19.5. The van der Waals surface area contributed by atoms with Crippen LogP contribution in [0.4, 0.5) is 4.79 Å². The van der Waals surface area contributed by atoms with Crippen LogP contribution in [0.1, 0.15) is 17.2 Å². The molecule has 0 radical (unpaired) electrons. The number of carbonyl (C=O) groups is 2. The van der Waals surface area contributed by atoms with Gasteiger partial charge in [-0.25, -0.2) is 4.79 Å². The van der Waals surface area contributed by atoms with Crippen LogP contribution < -0.4 is 10.6 Å². The fourth-order valence-corrected chi connectivity index (χ4v) is 3.30. The SMILES string of the molecule is O=C(NC(c1ccc(Cl)cc1)c1ccc(Cl)cc1)[C@H]1CNC(=O)N1CCO. The van der Waals surface area contributed by atoms with Crippen LogP contribution >= 0.6 is 23.2 Å². The zero-order chi connectivity index (χ0) is 19.4. The van der Waals surface area contributed by atoms with E-state index in [2.05, 4.69) is 10.6 Å². The topological polar surface area (TPSA) is 81.7 Å². The minimum Gasteiger partial charge on any atom is -0.395 e. The monoisotopic (exact) mass is 407 g/mol. The molecule has 1 saturated heterocycles. The lowest BCUT2D eigenvalue weighted by Crippen LogP contribution is -2.47. The lowest BCUT2D eigenvalue weighted by atomic mass is 9.98. The molecule has 0 aromatic heterocycles. The number of rotatable bonds is 6. The second-order valence-corrected chi connectivity index (χ2v) is 7.04. The van der Waals surface area contributed by atoms with E-state index in [-0.39, 0.29) is 31.6 Å². The highest BCUT2D eigenvalue weighted by Crippen LogP contribution is 2.25. The Hall–Kier alpha value is -2.28. The van der Waals surface area contributed by atoms with Gasteiger partial charge in [0.25, 0.3) is 0 Å². The Labute approximate surface area is 167 Å². The summed E-state index contributed by atoms with van der Waals surface area (Å²) in [6.07, 6.45) is 0. The van der Waals surface area contributed by atoms with Crippen molar-refractivity contribution >= 4 is 35.1 Å². The molecule has 2 aromatic carbocycles. The third-order valence-corrected chi connectivity index (χ3v) is 4.92. The number of aliphatic hydroxyl groups is 1. The van der Waals surface area contributed by atoms with Gasteiger partial charge in [-0.2, -0.15) is 0 Å². The van der Waals surface area contributed by atoms with Crippen LogP contribution in [0.15, 0.2) is 48.5 Å². The molecule has 27 heavy (non-hydrogen) atoms. The van der Waals surface area contributed by atoms with E-state index >= 15 is 0 Å². The zero-order valence-electron chi connectivity index (χ0n) is 14.4. The molecule has 2 aromatic rings. The summed E-state index contributed by atoms with van der Waals surface area (Å²) < 4.78 is 0. The Morgan fingerprint density at radius 1 is 1.11 bits per heavy atom. The number of hydrogen-bond acceptors (Lipinski definition) is 3. The van der Waals surface area contributed by atoms with Crippen LogP contribution in [-0.2, 0) is 4.79 Å². The molecular formula is C19H19Cl2N3O3. The number of hydrogen-bond donors (Lipinski definition) is 3. The molecule has 0 saturated carbocycles. The van der Waals surface area contributed by atoms with Gasteiger partial charge < -0.3 is 20.6 Å². The predicted octanol–water partition coefficient (Wildman–Crippen LogP) is 2.59. The molecule has 142 valence electrons. The van der Waals surface area contributed by atoms with Crippen LogP contribution in [0.3, 0.4) is 0 Å². The largest absolute Gasteiger partial charge is 0.395 e. The van der Waals surface area contributed by atoms with E-state index in [1.165, 1.54) is 4.90 Å². The quantitative estimate of drug-likeness (QED) is 0.687. The van der Waals surface area contributed by atoms with Gasteiger partial charge in [0.15, 0.2) is 0 Å². The number of nitrogens with one attached hydrogen (secondary N) is 2. The first-order valence-electron chi connectivity index (χ1n) is 8.46. The Morgan fingerprint density at radius 3 is 2.11 bits per heavy atom. The minimum atomic E-state index is -0.688. The maximum absolute atomic E-state index is 12.9. The van der Waals surface area contributed by atoms with Crippen LogP contribution in [0, 0.1) is 0 Å². The molecule has 0 spiro atoms. The summed E-state index contributed by atoms with van der Waals surface area (Å²) in [4.78, 5) is 26.1. The zero-order valence-corrected chi connectivity index (χ0v) is 15.9. The molecule has 0 bridgehead atoms. The van der Waals surface area contributed by atoms with Crippen molar-refractivity contribution in [2.75, 3.05) is 19.7 Å². The fraction of sp³-hybridized carbons (Fsp3) is 0.263. The molecule has 1 aliphatic heterocycles. The highest BCUT2D eigenvalue weighted by molar-refractivity contribution is 6.30. The van der Waals surface area contributed by atoms with Gasteiger partial charge in [0, 0.05) is 23.1 Å². The van der Waals surface area contributed by atoms with Gasteiger partial charge in [0.1, 0.15) is 6.04 Å². The van der Waals surface area contributed by atoms with Crippen molar-refractivity contribution in [1.29, 1.82) is 0 Å². The van der Waals surface area contributed by atoms with E-state index in [0.29, 0.717) is 10.0 Å².